The maximum atomic E-state index is 11.9. The van der Waals surface area contributed by atoms with Crippen LogP contribution in [0.4, 0.5) is 11.6 Å². The molecule has 1 aromatic heterocycles. The van der Waals surface area contributed by atoms with Crippen LogP contribution in [-0.4, -0.2) is 25.6 Å². The Labute approximate surface area is 124 Å². The molecule has 0 fully saturated rings. The first-order valence-electron chi connectivity index (χ1n) is 5.97. The third kappa shape index (κ3) is 3.54. The van der Waals surface area contributed by atoms with E-state index in [-0.39, 0.29) is 6.54 Å². The Hall–Kier alpha value is -2.48. The second kappa shape index (κ2) is 5.88. The number of hydrogen-bond acceptors (Lipinski definition) is 5. The second-order valence-corrected chi connectivity index (χ2v) is 4.89. The molecule has 1 amide bonds. The number of rotatable bonds is 4. The van der Waals surface area contributed by atoms with E-state index >= 15 is 0 Å². The molecule has 0 aliphatic carbocycles. The number of nitro groups is 1. The Morgan fingerprint density at radius 3 is 2.76 bits per heavy atom. The van der Waals surface area contributed by atoms with Crippen LogP contribution in [-0.2, 0) is 11.3 Å². The van der Waals surface area contributed by atoms with Crippen molar-refractivity contribution in [3.05, 3.63) is 44.7 Å². The molecule has 0 spiro atoms. The number of nitrogens with one attached hydrogen (secondary N) is 1. The summed E-state index contributed by atoms with van der Waals surface area (Å²) in [6.07, 6.45) is 1.13. The van der Waals surface area contributed by atoms with Crippen molar-refractivity contribution in [3.8, 4) is 0 Å². The molecule has 0 unspecified atom stereocenters. The molecule has 110 valence electrons. The summed E-state index contributed by atoms with van der Waals surface area (Å²) < 4.78 is 1.09. The lowest BCUT2D eigenvalue weighted by Gasteiger charge is -2.10. The van der Waals surface area contributed by atoms with Gasteiger partial charge in [0.1, 0.15) is 6.54 Å². The van der Waals surface area contributed by atoms with Gasteiger partial charge in [0.15, 0.2) is 0 Å². The standard InChI is InChI=1S/C12H12ClN5O3/c1-7-3-8(2)11(9(13)4-7)15-10(19)5-17-6-14-12(16-17)18(20)21/h3-4,6H,5H2,1-2H3,(H,15,19). The van der Waals surface area contributed by atoms with E-state index in [4.69, 9.17) is 11.6 Å². The molecule has 2 aromatic rings. The lowest BCUT2D eigenvalue weighted by atomic mass is 10.1. The van der Waals surface area contributed by atoms with Crippen molar-refractivity contribution in [2.24, 2.45) is 0 Å². The normalized spacial score (nSPS) is 10.4. The Kier molecular flexibility index (Phi) is 4.18. The third-order valence-electron chi connectivity index (χ3n) is 2.69. The SMILES string of the molecule is Cc1cc(C)c(NC(=O)Cn2cnc([N+](=O)[O-])n2)c(Cl)c1. The highest BCUT2D eigenvalue weighted by Crippen LogP contribution is 2.27. The second-order valence-electron chi connectivity index (χ2n) is 4.49. The van der Waals surface area contributed by atoms with Crippen LogP contribution in [0.15, 0.2) is 18.5 Å². The van der Waals surface area contributed by atoms with Gasteiger partial charge in [-0.3, -0.25) is 4.79 Å². The average molecular weight is 310 g/mol. The summed E-state index contributed by atoms with van der Waals surface area (Å²) in [6, 6.07) is 3.63. The molecule has 9 heteroatoms. The van der Waals surface area contributed by atoms with E-state index in [1.807, 2.05) is 19.9 Å². The zero-order valence-electron chi connectivity index (χ0n) is 11.3. The molecule has 0 bridgehead atoms. The first-order chi connectivity index (χ1) is 9.86. The van der Waals surface area contributed by atoms with E-state index in [1.165, 1.54) is 0 Å². The number of carbonyl (C=O) groups excluding carboxylic acids is 1. The van der Waals surface area contributed by atoms with Gasteiger partial charge in [0.05, 0.1) is 10.7 Å². The Morgan fingerprint density at radius 1 is 1.48 bits per heavy atom. The highest BCUT2D eigenvalue weighted by Gasteiger charge is 2.16. The van der Waals surface area contributed by atoms with Crippen molar-refractivity contribution in [2.45, 2.75) is 20.4 Å². The van der Waals surface area contributed by atoms with Gasteiger partial charge >= 0.3 is 5.95 Å². The summed E-state index contributed by atoms with van der Waals surface area (Å²) >= 11 is 6.09. The molecule has 0 atom stereocenters. The number of aryl methyl sites for hydroxylation is 2. The molecule has 0 saturated heterocycles. The van der Waals surface area contributed by atoms with Gasteiger partial charge in [0, 0.05) is 5.10 Å². The van der Waals surface area contributed by atoms with Crippen LogP contribution in [0.25, 0.3) is 0 Å². The maximum Gasteiger partial charge on any atom is 0.490 e. The summed E-state index contributed by atoms with van der Waals surface area (Å²) in [5.41, 5.74) is 2.34. The van der Waals surface area contributed by atoms with Gasteiger partial charge in [0.2, 0.25) is 12.2 Å². The lowest BCUT2D eigenvalue weighted by molar-refractivity contribution is -0.394. The largest absolute Gasteiger partial charge is 0.490 e. The Bertz CT molecular complexity index is 690. The number of halogens is 1. The van der Waals surface area contributed by atoms with Crippen molar-refractivity contribution in [1.82, 2.24) is 14.8 Å². The molecule has 0 aliphatic rings. The van der Waals surface area contributed by atoms with Crippen molar-refractivity contribution >= 4 is 29.1 Å². The predicted molar refractivity (Wildman–Crippen MR) is 76.2 cm³/mol. The number of nitrogens with zero attached hydrogens (tertiary/aromatic N) is 4. The molecule has 0 radical (unpaired) electrons. The average Bonchev–Trinajstić information content (AvgIpc) is 2.82. The number of hydrogen-bond donors (Lipinski definition) is 1. The number of carbonyl (C=O) groups is 1. The first kappa shape index (κ1) is 14.9. The third-order valence-corrected chi connectivity index (χ3v) is 2.99. The van der Waals surface area contributed by atoms with Gasteiger partial charge in [-0.15, -0.1) is 0 Å². The van der Waals surface area contributed by atoms with E-state index in [1.54, 1.807) is 6.07 Å². The minimum absolute atomic E-state index is 0.190. The highest BCUT2D eigenvalue weighted by atomic mass is 35.5. The molecule has 21 heavy (non-hydrogen) atoms. The Morgan fingerprint density at radius 2 is 2.19 bits per heavy atom. The molecule has 1 heterocycles. The maximum absolute atomic E-state index is 11.9. The molecular weight excluding hydrogens is 298 g/mol. The predicted octanol–water partition coefficient (Wildman–Crippen LogP) is 2.10. The van der Waals surface area contributed by atoms with E-state index in [0.29, 0.717) is 10.7 Å². The van der Waals surface area contributed by atoms with E-state index < -0.39 is 16.8 Å². The zero-order valence-corrected chi connectivity index (χ0v) is 12.1. The molecule has 0 aliphatic heterocycles. The fourth-order valence-electron chi connectivity index (χ4n) is 1.84. The van der Waals surface area contributed by atoms with Gasteiger partial charge in [-0.2, -0.15) is 4.68 Å². The highest BCUT2D eigenvalue weighted by molar-refractivity contribution is 6.34. The summed E-state index contributed by atoms with van der Waals surface area (Å²) in [5, 5.41) is 17.1. The lowest BCUT2D eigenvalue weighted by Crippen LogP contribution is -2.20. The quantitative estimate of drug-likeness (QED) is 0.688. The monoisotopic (exact) mass is 309 g/mol. The van der Waals surface area contributed by atoms with Gasteiger partial charge in [-0.1, -0.05) is 22.7 Å². The van der Waals surface area contributed by atoms with E-state index in [0.717, 1.165) is 22.1 Å². The van der Waals surface area contributed by atoms with Gasteiger partial charge in [-0.05, 0) is 36.0 Å². The molecule has 8 nitrogen and oxygen atoms in total. The van der Waals surface area contributed by atoms with E-state index in [2.05, 4.69) is 15.4 Å². The summed E-state index contributed by atoms with van der Waals surface area (Å²) in [6.45, 7) is 3.54. The molecule has 0 saturated carbocycles. The first-order valence-corrected chi connectivity index (χ1v) is 6.35. The number of benzene rings is 1. The van der Waals surface area contributed by atoms with Gasteiger partial charge < -0.3 is 15.4 Å². The van der Waals surface area contributed by atoms with Crippen LogP contribution >= 0.6 is 11.6 Å². The topological polar surface area (TPSA) is 103 Å². The summed E-state index contributed by atoms with van der Waals surface area (Å²) in [4.78, 5) is 25.1. The minimum atomic E-state index is -0.727. The van der Waals surface area contributed by atoms with Crippen molar-refractivity contribution in [3.63, 3.8) is 0 Å². The number of aromatic nitrogens is 3. The van der Waals surface area contributed by atoms with E-state index in [9.17, 15) is 14.9 Å². The van der Waals surface area contributed by atoms with Crippen LogP contribution in [0.1, 0.15) is 11.1 Å². The van der Waals surface area contributed by atoms with Gasteiger partial charge in [0.25, 0.3) is 0 Å². The molecule has 1 aromatic carbocycles. The number of anilines is 1. The summed E-state index contributed by atoms with van der Waals surface area (Å²) in [7, 11) is 0. The minimum Gasteiger partial charge on any atom is -0.390 e. The fraction of sp³-hybridized carbons (Fsp3) is 0.250. The molecule has 2 rings (SSSR count). The fourth-order valence-corrected chi connectivity index (χ4v) is 2.21. The van der Waals surface area contributed by atoms with Crippen molar-refractivity contribution < 1.29 is 9.72 Å². The van der Waals surface area contributed by atoms with Crippen LogP contribution in [0.3, 0.4) is 0 Å². The molecule has 1 N–H and O–H groups in total. The Balaban J connectivity index is 2.10. The summed E-state index contributed by atoms with van der Waals surface area (Å²) in [5.74, 6) is -0.948. The van der Waals surface area contributed by atoms with Crippen molar-refractivity contribution in [2.75, 3.05) is 5.32 Å². The van der Waals surface area contributed by atoms with Crippen molar-refractivity contribution in [1.29, 1.82) is 0 Å². The van der Waals surface area contributed by atoms with Crippen LogP contribution in [0, 0.1) is 24.0 Å². The molecular formula is C12H12ClN5O3. The van der Waals surface area contributed by atoms with Crippen LogP contribution in [0.5, 0.6) is 0 Å². The van der Waals surface area contributed by atoms with Crippen LogP contribution < -0.4 is 5.32 Å². The van der Waals surface area contributed by atoms with Crippen LogP contribution in [0.2, 0.25) is 5.02 Å². The zero-order chi connectivity index (χ0) is 15.6. The van der Waals surface area contributed by atoms with Gasteiger partial charge in [-0.25, -0.2) is 0 Å². The number of amides is 1. The smallest absolute Gasteiger partial charge is 0.390 e.